The maximum Gasteiger partial charge on any atom is 0.0971 e. The lowest BCUT2D eigenvalue weighted by Gasteiger charge is -2.26. The molecule has 0 saturated heterocycles. The SMILES string of the molecule is C=CC(CCC)ON(Cc1ccccc1)Cc1ccccc1. The smallest absolute Gasteiger partial charge is 0.0971 e. The van der Waals surface area contributed by atoms with E-state index in [4.69, 9.17) is 4.84 Å². The molecule has 22 heavy (non-hydrogen) atoms. The Kier molecular flexibility index (Phi) is 6.88. The standard InChI is InChI=1S/C20H25NO/c1-3-11-20(4-2)22-21(16-18-12-7-5-8-13-18)17-19-14-9-6-10-15-19/h4-10,12-15,20H,2-3,11,16-17H2,1H3. The van der Waals surface area contributed by atoms with Crippen LogP contribution < -0.4 is 0 Å². The third-order valence-corrected chi connectivity index (χ3v) is 3.52. The topological polar surface area (TPSA) is 12.5 Å². The van der Waals surface area contributed by atoms with Crippen LogP contribution in [0.5, 0.6) is 0 Å². The summed E-state index contributed by atoms with van der Waals surface area (Å²) in [4.78, 5) is 6.16. The summed E-state index contributed by atoms with van der Waals surface area (Å²) < 4.78 is 0. The molecule has 2 rings (SSSR count). The molecule has 0 fully saturated rings. The van der Waals surface area contributed by atoms with Crippen LogP contribution >= 0.6 is 0 Å². The third kappa shape index (κ3) is 5.47. The van der Waals surface area contributed by atoms with Crippen molar-refractivity contribution in [3.8, 4) is 0 Å². The Morgan fingerprint density at radius 2 is 1.45 bits per heavy atom. The molecule has 0 bridgehead atoms. The first-order valence-electron chi connectivity index (χ1n) is 7.94. The fraction of sp³-hybridized carbons (Fsp3) is 0.300. The van der Waals surface area contributed by atoms with Crippen LogP contribution in [0.3, 0.4) is 0 Å². The van der Waals surface area contributed by atoms with E-state index in [1.54, 1.807) is 0 Å². The molecule has 0 aromatic heterocycles. The summed E-state index contributed by atoms with van der Waals surface area (Å²) in [5, 5.41) is 2.03. The third-order valence-electron chi connectivity index (χ3n) is 3.52. The van der Waals surface area contributed by atoms with Gasteiger partial charge in [-0.25, -0.2) is 0 Å². The van der Waals surface area contributed by atoms with Crippen LogP contribution in [0.25, 0.3) is 0 Å². The average Bonchev–Trinajstić information content (AvgIpc) is 2.56. The fourth-order valence-corrected chi connectivity index (χ4v) is 2.39. The van der Waals surface area contributed by atoms with Gasteiger partial charge in [0.1, 0.15) is 0 Å². The Morgan fingerprint density at radius 3 is 1.86 bits per heavy atom. The van der Waals surface area contributed by atoms with Crippen molar-refractivity contribution in [2.24, 2.45) is 0 Å². The van der Waals surface area contributed by atoms with Crippen LogP contribution in [0.4, 0.5) is 0 Å². The Bertz CT molecular complexity index is 497. The van der Waals surface area contributed by atoms with E-state index in [0.717, 1.165) is 25.9 Å². The molecule has 0 saturated carbocycles. The molecule has 2 aromatic rings. The zero-order chi connectivity index (χ0) is 15.6. The van der Waals surface area contributed by atoms with E-state index in [0.29, 0.717) is 0 Å². The first-order valence-corrected chi connectivity index (χ1v) is 7.94. The second-order valence-electron chi connectivity index (χ2n) is 5.44. The van der Waals surface area contributed by atoms with Crippen LogP contribution in [-0.4, -0.2) is 11.2 Å². The molecule has 0 aliphatic heterocycles. The van der Waals surface area contributed by atoms with Crippen LogP contribution in [0.2, 0.25) is 0 Å². The Balaban J connectivity index is 2.07. The Morgan fingerprint density at radius 1 is 0.955 bits per heavy atom. The highest BCUT2D eigenvalue weighted by molar-refractivity contribution is 5.16. The number of benzene rings is 2. The lowest BCUT2D eigenvalue weighted by atomic mass is 10.2. The largest absolute Gasteiger partial charge is 0.291 e. The number of rotatable bonds is 9. The van der Waals surface area contributed by atoms with Gasteiger partial charge in [-0.15, -0.1) is 6.58 Å². The molecular weight excluding hydrogens is 270 g/mol. The van der Waals surface area contributed by atoms with E-state index in [2.05, 4.69) is 62.0 Å². The highest BCUT2D eigenvalue weighted by atomic mass is 16.7. The highest BCUT2D eigenvalue weighted by Gasteiger charge is 2.13. The van der Waals surface area contributed by atoms with Crippen molar-refractivity contribution in [2.75, 3.05) is 0 Å². The first-order chi connectivity index (χ1) is 10.8. The van der Waals surface area contributed by atoms with Gasteiger partial charge < -0.3 is 0 Å². The zero-order valence-electron chi connectivity index (χ0n) is 13.3. The van der Waals surface area contributed by atoms with Crippen LogP contribution in [0, 0.1) is 0 Å². The predicted molar refractivity (Wildman–Crippen MR) is 92.1 cm³/mol. The predicted octanol–water partition coefficient (Wildman–Crippen LogP) is 4.98. The van der Waals surface area contributed by atoms with E-state index >= 15 is 0 Å². The molecule has 0 spiro atoms. The van der Waals surface area contributed by atoms with E-state index in [1.165, 1.54) is 11.1 Å². The minimum absolute atomic E-state index is 0.0671. The van der Waals surface area contributed by atoms with Gasteiger partial charge in [0.25, 0.3) is 0 Å². The van der Waals surface area contributed by atoms with Gasteiger partial charge >= 0.3 is 0 Å². The van der Waals surface area contributed by atoms with E-state index in [1.807, 2.05) is 23.3 Å². The summed E-state index contributed by atoms with van der Waals surface area (Å²) in [6.07, 6.45) is 4.04. The summed E-state index contributed by atoms with van der Waals surface area (Å²) in [5.74, 6) is 0. The van der Waals surface area contributed by atoms with Crippen molar-refractivity contribution in [3.63, 3.8) is 0 Å². The summed E-state index contributed by atoms with van der Waals surface area (Å²) >= 11 is 0. The summed E-state index contributed by atoms with van der Waals surface area (Å²) in [5.41, 5.74) is 2.50. The van der Waals surface area contributed by atoms with Crippen molar-refractivity contribution in [3.05, 3.63) is 84.4 Å². The Labute approximate surface area is 134 Å². The van der Waals surface area contributed by atoms with Crippen molar-refractivity contribution < 1.29 is 4.84 Å². The van der Waals surface area contributed by atoms with E-state index in [9.17, 15) is 0 Å². The minimum Gasteiger partial charge on any atom is -0.291 e. The molecular formula is C20H25NO. The van der Waals surface area contributed by atoms with E-state index < -0.39 is 0 Å². The van der Waals surface area contributed by atoms with Gasteiger partial charge in [-0.05, 0) is 17.5 Å². The summed E-state index contributed by atoms with van der Waals surface area (Å²) in [6.45, 7) is 7.60. The fourth-order valence-electron chi connectivity index (χ4n) is 2.39. The second-order valence-corrected chi connectivity index (χ2v) is 5.44. The lowest BCUT2D eigenvalue weighted by Crippen LogP contribution is -2.28. The molecule has 2 nitrogen and oxygen atoms in total. The first kappa shape index (κ1) is 16.5. The molecule has 2 aromatic carbocycles. The summed E-state index contributed by atoms with van der Waals surface area (Å²) in [6, 6.07) is 20.8. The average molecular weight is 295 g/mol. The molecule has 0 radical (unpaired) electrons. The van der Waals surface area contributed by atoms with Crippen molar-refractivity contribution in [2.45, 2.75) is 39.0 Å². The van der Waals surface area contributed by atoms with E-state index in [-0.39, 0.29) is 6.10 Å². The van der Waals surface area contributed by atoms with Gasteiger partial charge in [-0.2, -0.15) is 5.06 Å². The normalized spacial score (nSPS) is 12.3. The van der Waals surface area contributed by atoms with Crippen molar-refractivity contribution >= 4 is 0 Å². The molecule has 0 aliphatic rings. The van der Waals surface area contributed by atoms with Gasteiger partial charge in [-0.1, -0.05) is 80.1 Å². The van der Waals surface area contributed by atoms with Crippen molar-refractivity contribution in [1.29, 1.82) is 0 Å². The number of hydrogen-bond acceptors (Lipinski definition) is 2. The monoisotopic (exact) mass is 295 g/mol. The maximum atomic E-state index is 6.16. The van der Waals surface area contributed by atoms with Gasteiger partial charge in [0.15, 0.2) is 0 Å². The molecule has 0 amide bonds. The van der Waals surface area contributed by atoms with Gasteiger partial charge in [0, 0.05) is 13.1 Å². The second kappa shape index (κ2) is 9.19. The lowest BCUT2D eigenvalue weighted by molar-refractivity contribution is -0.199. The molecule has 116 valence electrons. The molecule has 0 N–H and O–H groups in total. The molecule has 0 heterocycles. The van der Waals surface area contributed by atoms with Crippen molar-refractivity contribution in [1.82, 2.24) is 5.06 Å². The summed E-state index contributed by atoms with van der Waals surface area (Å²) in [7, 11) is 0. The number of nitrogens with zero attached hydrogens (tertiary/aromatic N) is 1. The van der Waals surface area contributed by atoms with Gasteiger partial charge in [0.05, 0.1) is 6.10 Å². The number of hydrogen-bond donors (Lipinski definition) is 0. The molecule has 1 atom stereocenters. The quantitative estimate of drug-likeness (QED) is 0.478. The van der Waals surface area contributed by atoms with Crippen LogP contribution in [-0.2, 0) is 17.9 Å². The highest BCUT2D eigenvalue weighted by Crippen LogP contribution is 2.14. The maximum absolute atomic E-state index is 6.16. The van der Waals surface area contributed by atoms with Crippen LogP contribution in [0.1, 0.15) is 30.9 Å². The number of hydroxylamine groups is 2. The van der Waals surface area contributed by atoms with Crippen LogP contribution in [0.15, 0.2) is 73.3 Å². The molecule has 1 unspecified atom stereocenters. The minimum atomic E-state index is 0.0671. The van der Waals surface area contributed by atoms with Gasteiger partial charge in [-0.3, -0.25) is 4.84 Å². The molecule has 0 aliphatic carbocycles. The Hall–Kier alpha value is -1.90. The molecule has 2 heteroatoms. The zero-order valence-corrected chi connectivity index (χ0v) is 13.3. The van der Waals surface area contributed by atoms with Gasteiger partial charge in [0.2, 0.25) is 0 Å².